The molecule has 0 saturated carbocycles. The first-order chi connectivity index (χ1) is 15.8. The van der Waals surface area contributed by atoms with Crippen LogP contribution in [-0.2, 0) is 0 Å². The summed E-state index contributed by atoms with van der Waals surface area (Å²) in [5.41, 5.74) is 2.39. The molecule has 0 radical (unpaired) electrons. The summed E-state index contributed by atoms with van der Waals surface area (Å²) in [6.45, 7) is 0. The van der Waals surface area contributed by atoms with Crippen LogP contribution < -0.4 is 9.91 Å². The summed E-state index contributed by atoms with van der Waals surface area (Å²) < 4.78 is 14.2. The Hall–Kier alpha value is -4.18. The molecule has 1 amide bonds. The fourth-order valence-electron chi connectivity index (χ4n) is 3.00. The Labute approximate surface area is 192 Å². The van der Waals surface area contributed by atoms with E-state index in [1.807, 2.05) is 31.1 Å². The van der Waals surface area contributed by atoms with Gasteiger partial charge >= 0.3 is 0 Å². The van der Waals surface area contributed by atoms with E-state index in [2.05, 4.69) is 10.1 Å². The van der Waals surface area contributed by atoms with E-state index in [0.29, 0.717) is 21.3 Å². The van der Waals surface area contributed by atoms with Crippen molar-refractivity contribution in [1.82, 2.24) is 4.98 Å². The standard InChI is InChI=1S/C23H18FN5O3S/c1-27(2)18-10-5-16(6-11-18)22(30)28(23-26-20-12-7-17(24)13-21(20)33-23)25-14-15-3-8-19(9-4-15)29(31)32/h3-14H,1-2H3/b25-14+. The van der Waals surface area contributed by atoms with Gasteiger partial charge in [-0.25, -0.2) is 9.37 Å². The molecule has 0 saturated heterocycles. The minimum absolute atomic E-state index is 0.0470. The largest absolute Gasteiger partial charge is 0.378 e. The maximum Gasteiger partial charge on any atom is 0.280 e. The van der Waals surface area contributed by atoms with E-state index in [4.69, 9.17) is 0 Å². The highest BCUT2D eigenvalue weighted by atomic mass is 32.1. The molecule has 1 heterocycles. The number of anilines is 2. The van der Waals surface area contributed by atoms with Gasteiger partial charge in [0.25, 0.3) is 11.6 Å². The summed E-state index contributed by atoms with van der Waals surface area (Å²) in [5, 5.41) is 16.6. The van der Waals surface area contributed by atoms with Gasteiger partial charge in [0.05, 0.1) is 21.4 Å². The predicted octanol–water partition coefficient (Wildman–Crippen LogP) is 5.09. The first-order valence-electron chi connectivity index (χ1n) is 9.78. The van der Waals surface area contributed by atoms with Crippen LogP contribution in [0.4, 0.5) is 20.9 Å². The lowest BCUT2D eigenvalue weighted by Crippen LogP contribution is -2.25. The van der Waals surface area contributed by atoms with E-state index < -0.39 is 16.6 Å². The topological polar surface area (TPSA) is 91.9 Å². The number of thiazole rings is 1. The Morgan fingerprint density at radius 1 is 1.09 bits per heavy atom. The van der Waals surface area contributed by atoms with Crippen molar-refractivity contribution >= 4 is 50.2 Å². The Bertz CT molecular complexity index is 1350. The summed E-state index contributed by atoms with van der Waals surface area (Å²) >= 11 is 1.13. The van der Waals surface area contributed by atoms with Crippen LogP contribution in [0.15, 0.2) is 71.8 Å². The summed E-state index contributed by atoms with van der Waals surface area (Å²) in [6, 6.07) is 17.0. The van der Waals surface area contributed by atoms with Gasteiger partial charge in [0.2, 0.25) is 5.13 Å². The van der Waals surface area contributed by atoms with Crippen LogP contribution in [0.25, 0.3) is 10.2 Å². The molecular formula is C23H18FN5O3S. The molecule has 166 valence electrons. The number of hydrazone groups is 1. The smallest absolute Gasteiger partial charge is 0.280 e. The number of fused-ring (bicyclic) bond motifs is 1. The first-order valence-corrected chi connectivity index (χ1v) is 10.6. The van der Waals surface area contributed by atoms with Crippen LogP contribution in [0, 0.1) is 15.9 Å². The lowest BCUT2D eigenvalue weighted by atomic mass is 10.2. The van der Waals surface area contributed by atoms with E-state index in [1.54, 1.807) is 18.2 Å². The lowest BCUT2D eigenvalue weighted by molar-refractivity contribution is -0.384. The average molecular weight is 463 g/mol. The molecule has 0 aliphatic carbocycles. The highest BCUT2D eigenvalue weighted by molar-refractivity contribution is 7.22. The number of non-ortho nitro benzene ring substituents is 1. The molecule has 10 heteroatoms. The van der Waals surface area contributed by atoms with Gasteiger partial charge in [0.15, 0.2) is 0 Å². The number of nitro benzene ring substituents is 1. The van der Waals surface area contributed by atoms with E-state index in [1.165, 1.54) is 42.6 Å². The SMILES string of the molecule is CN(C)c1ccc(C(=O)N(/N=C/c2ccc([N+](=O)[O-])cc2)c2nc3ccc(F)cc3s2)cc1. The number of hydrogen-bond acceptors (Lipinski definition) is 7. The normalized spacial score (nSPS) is 11.1. The van der Waals surface area contributed by atoms with Crippen LogP contribution in [0.2, 0.25) is 0 Å². The maximum atomic E-state index is 13.6. The monoisotopic (exact) mass is 463 g/mol. The molecule has 4 rings (SSSR count). The molecule has 0 atom stereocenters. The van der Waals surface area contributed by atoms with Crippen LogP contribution in [0.5, 0.6) is 0 Å². The average Bonchev–Trinajstić information content (AvgIpc) is 3.22. The molecule has 3 aromatic carbocycles. The summed E-state index contributed by atoms with van der Waals surface area (Å²) in [7, 11) is 3.80. The van der Waals surface area contributed by atoms with Gasteiger partial charge in [-0.3, -0.25) is 14.9 Å². The van der Waals surface area contributed by atoms with E-state index in [0.717, 1.165) is 22.0 Å². The van der Waals surface area contributed by atoms with Gasteiger partial charge in [-0.05, 0) is 60.2 Å². The third-order valence-electron chi connectivity index (χ3n) is 4.77. The van der Waals surface area contributed by atoms with Crippen molar-refractivity contribution in [3.63, 3.8) is 0 Å². The van der Waals surface area contributed by atoms with E-state index in [9.17, 15) is 19.3 Å². The molecule has 4 aromatic rings. The highest BCUT2D eigenvalue weighted by Gasteiger charge is 2.21. The molecular weight excluding hydrogens is 445 g/mol. The number of carbonyl (C=O) groups is 1. The number of carbonyl (C=O) groups excluding carboxylic acids is 1. The molecule has 0 aliphatic heterocycles. The Kier molecular flexibility index (Phi) is 6.09. The van der Waals surface area contributed by atoms with Crippen LogP contribution in [-0.4, -0.2) is 36.1 Å². The van der Waals surface area contributed by atoms with Gasteiger partial charge in [-0.1, -0.05) is 11.3 Å². The van der Waals surface area contributed by atoms with Crippen molar-refractivity contribution in [3.05, 3.63) is 93.8 Å². The summed E-state index contributed by atoms with van der Waals surface area (Å²) in [6.07, 6.45) is 1.42. The fraction of sp³-hybridized carbons (Fsp3) is 0.0870. The third kappa shape index (κ3) is 4.85. The molecule has 0 N–H and O–H groups in total. The Morgan fingerprint density at radius 3 is 2.42 bits per heavy atom. The number of amides is 1. The van der Waals surface area contributed by atoms with Crippen LogP contribution in [0.3, 0.4) is 0 Å². The number of nitro groups is 1. The van der Waals surface area contributed by atoms with Gasteiger partial charge in [0.1, 0.15) is 5.82 Å². The zero-order chi connectivity index (χ0) is 23.5. The third-order valence-corrected chi connectivity index (χ3v) is 5.76. The minimum Gasteiger partial charge on any atom is -0.378 e. The predicted molar refractivity (Wildman–Crippen MR) is 128 cm³/mol. The second kappa shape index (κ2) is 9.13. The fourth-order valence-corrected chi connectivity index (χ4v) is 3.94. The van der Waals surface area contributed by atoms with E-state index >= 15 is 0 Å². The van der Waals surface area contributed by atoms with Gasteiger partial charge in [-0.2, -0.15) is 10.1 Å². The van der Waals surface area contributed by atoms with Crippen molar-refractivity contribution in [1.29, 1.82) is 0 Å². The van der Waals surface area contributed by atoms with Crippen molar-refractivity contribution in [2.45, 2.75) is 0 Å². The Morgan fingerprint density at radius 2 is 1.79 bits per heavy atom. The molecule has 1 aromatic heterocycles. The summed E-state index contributed by atoms with van der Waals surface area (Å²) in [4.78, 5) is 30.1. The first kappa shape index (κ1) is 22.0. The number of halogens is 1. The zero-order valence-corrected chi connectivity index (χ0v) is 18.5. The number of hydrogen-bond donors (Lipinski definition) is 0. The van der Waals surface area contributed by atoms with Crippen molar-refractivity contribution in [3.8, 4) is 0 Å². The zero-order valence-electron chi connectivity index (χ0n) is 17.7. The second-order valence-corrected chi connectivity index (χ2v) is 8.27. The second-order valence-electron chi connectivity index (χ2n) is 7.26. The number of aromatic nitrogens is 1. The van der Waals surface area contributed by atoms with Crippen molar-refractivity contribution in [2.24, 2.45) is 5.10 Å². The number of rotatable bonds is 6. The van der Waals surface area contributed by atoms with Gasteiger partial charge in [-0.15, -0.1) is 0 Å². The van der Waals surface area contributed by atoms with Gasteiger partial charge in [0, 0.05) is 37.5 Å². The molecule has 0 spiro atoms. The van der Waals surface area contributed by atoms with E-state index in [-0.39, 0.29) is 10.8 Å². The van der Waals surface area contributed by atoms with Crippen LogP contribution >= 0.6 is 11.3 Å². The number of nitrogens with zero attached hydrogens (tertiary/aromatic N) is 5. The van der Waals surface area contributed by atoms with Crippen molar-refractivity contribution in [2.75, 3.05) is 24.0 Å². The minimum atomic E-state index is -0.492. The molecule has 0 fully saturated rings. The highest BCUT2D eigenvalue weighted by Crippen LogP contribution is 2.31. The lowest BCUT2D eigenvalue weighted by Gasteiger charge is -2.16. The summed E-state index contributed by atoms with van der Waals surface area (Å²) in [5.74, 6) is -0.817. The number of benzene rings is 3. The quantitative estimate of drug-likeness (QED) is 0.226. The molecule has 33 heavy (non-hydrogen) atoms. The molecule has 0 bridgehead atoms. The Balaban J connectivity index is 1.71. The van der Waals surface area contributed by atoms with Crippen LogP contribution in [0.1, 0.15) is 15.9 Å². The maximum absolute atomic E-state index is 13.6. The van der Waals surface area contributed by atoms with Gasteiger partial charge < -0.3 is 4.90 Å². The molecule has 8 nitrogen and oxygen atoms in total. The van der Waals surface area contributed by atoms with Crippen molar-refractivity contribution < 1.29 is 14.1 Å². The molecule has 0 aliphatic rings. The molecule has 0 unspecified atom stereocenters.